The van der Waals surface area contributed by atoms with Crippen LogP contribution in [0.2, 0.25) is 10.0 Å². The second-order valence-electron chi connectivity index (χ2n) is 6.62. The van der Waals surface area contributed by atoms with Crippen molar-refractivity contribution in [2.45, 2.75) is 6.54 Å². The van der Waals surface area contributed by atoms with E-state index in [1.54, 1.807) is 30.5 Å². The molecule has 0 radical (unpaired) electrons. The Kier molecular flexibility index (Phi) is 5.62. The van der Waals surface area contributed by atoms with Gasteiger partial charge >= 0.3 is 0 Å². The average Bonchev–Trinajstić information content (AvgIpc) is 2.72. The molecule has 0 atom stereocenters. The van der Waals surface area contributed by atoms with Gasteiger partial charge in [-0.25, -0.2) is 0 Å². The van der Waals surface area contributed by atoms with Gasteiger partial charge < -0.3 is 4.90 Å². The highest BCUT2D eigenvalue weighted by molar-refractivity contribution is 6.33. The van der Waals surface area contributed by atoms with Crippen molar-refractivity contribution in [1.29, 1.82) is 0 Å². The Labute approximate surface area is 172 Å². The van der Waals surface area contributed by atoms with Crippen molar-refractivity contribution in [1.82, 2.24) is 19.7 Å². The maximum absolute atomic E-state index is 12.7. The lowest BCUT2D eigenvalue weighted by molar-refractivity contribution is 0.247. The van der Waals surface area contributed by atoms with Crippen LogP contribution in [0.25, 0.3) is 5.69 Å². The van der Waals surface area contributed by atoms with Crippen LogP contribution in [0.1, 0.15) is 5.69 Å². The fourth-order valence-corrected chi connectivity index (χ4v) is 3.65. The van der Waals surface area contributed by atoms with Crippen LogP contribution in [-0.2, 0) is 6.54 Å². The molecule has 1 aromatic carbocycles. The first-order valence-electron chi connectivity index (χ1n) is 9.03. The number of halogens is 2. The molecule has 28 heavy (non-hydrogen) atoms. The molecule has 1 fully saturated rings. The molecule has 8 heteroatoms. The third kappa shape index (κ3) is 4.04. The van der Waals surface area contributed by atoms with Crippen LogP contribution in [0.15, 0.2) is 59.7 Å². The Morgan fingerprint density at radius 3 is 2.39 bits per heavy atom. The molecule has 0 saturated carbocycles. The Balaban J connectivity index is 1.47. The highest BCUT2D eigenvalue weighted by Gasteiger charge is 2.21. The lowest BCUT2D eigenvalue weighted by Gasteiger charge is -2.36. The van der Waals surface area contributed by atoms with Crippen LogP contribution in [0.4, 0.5) is 5.69 Å². The third-order valence-corrected chi connectivity index (χ3v) is 5.40. The normalized spacial score (nSPS) is 15.0. The van der Waals surface area contributed by atoms with Crippen LogP contribution in [0.5, 0.6) is 0 Å². The number of benzene rings is 1. The zero-order valence-electron chi connectivity index (χ0n) is 15.1. The van der Waals surface area contributed by atoms with Gasteiger partial charge in [0.15, 0.2) is 0 Å². The SMILES string of the molecule is O=c1c(Cl)c(N2CCN(Cc3ccccn3)CC2)cnn1-c1ccc(Cl)cc1. The van der Waals surface area contributed by atoms with Gasteiger partial charge in [0.25, 0.3) is 5.56 Å². The standard InChI is InChI=1S/C20H19Cl2N5O/c21-15-4-6-17(7-5-15)27-20(28)19(22)18(13-24-27)26-11-9-25(10-12-26)14-16-3-1-2-8-23-16/h1-8,13H,9-12,14H2. The summed E-state index contributed by atoms with van der Waals surface area (Å²) in [5, 5.41) is 5.10. The molecular weight excluding hydrogens is 397 g/mol. The number of hydrogen-bond acceptors (Lipinski definition) is 5. The van der Waals surface area contributed by atoms with Crippen LogP contribution in [0.3, 0.4) is 0 Å². The quantitative estimate of drug-likeness (QED) is 0.654. The van der Waals surface area contributed by atoms with Gasteiger partial charge in [-0.05, 0) is 36.4 Å². The number of pyridine rings is 1. The molecule has 6 nitrogen and oxygen atoms in total. The topological polar surface area (TPSA) is 54.3 Å². The molecule has 3 heterocycles. The van der Waals surface area contributed by atoms with Crippen LogP contribution >= 0.6 is 23.2 Å². The maximum Gasteiger partial charge on any atom is 0.292 e. The second-order valence-corrected chi connectivity index (χ2v) is 7.44. The van der Waals surface area contributed by atoms with E-state index in [1.165, 1.54) is 4.68 Å². The average molecular weight is 416 g/mol. The molecule has 3 aromatic rings. The van der Waals surface area contributed by atoms with Gasteiger partial charge in [0, 0.05) is 43.9 Å². The van der Waals surface area contributed by atoms with E-state index in [2.05, 4.69) is 19.9 Å². The van der Waals surface area contributed by atoms with Crippen molar-refractivity contribution in [3.8, 4) is 5.69 Å². The van der Waals surface area contributed by atoms with Gasteiger partial charge in [-0.15, -0.1) is 0 Å². The van der Waals surface area contributed by atoms with Crippen LogP contribution in [-0.4, -0.2) is 45.8 Å². The molecule has 0 bridgehead atoms. The minimum Gasteiger partial charge on any atom is -0.366 e. The summed E-state index contributed by atoms with van der Waals surface area (Å²) in [5.41, 5.74) is 2.02. The van der Waals surface area contributed by atoms with Crippen molar-refractivity contribution < 1.29 is 0 Å². The first kappa shape index (κ1) is 18.9. The summed E-state index contributed by atoms with van der Waals surface area (Å²) in [6, 6.07) is 12.9. The molecule has 0 aliphatic carbocycles. The first-order chi connectivity index (χ1) is 13.6. The van der Waals surface area contributed by atoms with Crippen molar-refractivity contribution in [3.63, 3.8) is 0 Å². The van der Waals surface area contributed by atoms with E-state index >= 15 is 0 Å². The summed E-state index contributed by atoms with van der Waals surface area (Å²) in [6.07, 6.45) is 3.47. The minimum absolute atomic E-state index is 0.183. The van der Waals surface area contributed by atoms with E-state index in [0.717, 1.165) is 38.4 Å². The largest absolute Gasteiger partial charge is 0.366 e. The van der Waals surface area contributed by atoms with E-state index in [9.17, 15) is 4.79 Å². The smallest absolute Gasteiger partial charge is 0.292 e. The van der Waals surface area contributed by atoms with Crippen molar-refractivity contribution in [2.24, 2.45) is 0 Å². The Bertz CT molecular complexity index is 999. The first-order valence-corrected chi connectivity index (χ1v) is 9.78. The molecule has 4 rings (SSSR count). The minimum atomic E-state index is -0.336. The van der Waals surface area contributed by atoms with E-state index in [1.807, 2.05) is 24.4 Å². The van der Waals surface area contributed by atoms with E-state index in [4.69, 9.17) is 23.2 Å². The molecule has 2 aromatic heterocycles. The van der Waals surface area contributed by atoms with Gasteiger partial charge in [0.1, 0.15) is 5.02 Å². The number of nitrogens with zero attached hydrogens (tertiary/aromatic N) is 5. The summed E-state index contributed by atoms with van der Waals surface area (Å²) >= 11 is 12.3. The summed E-state index contributed by atoms with van der Waals surface area (Å²) in [5.74, 6) is 0. The molecular formula is C20H19Cl2N5O. The number of rotatable bonds is 4. The molecule has 0 amide bonds. The lowest BCUT2D eigenvalue weighted by atomic mass is 10.2. The molecule has 0 N–H and O–H groups in total. The van der Waals surface area contributed by atoms with E-state index < -0.39 is 0 Å². The fraction of sp³-hybridized carbons (Fsp3) is 0.250. The van der Waals surface area contributed by atoms with Crippen LogP contribution < -0.4 is 10.5 Å². The van der Waals surface area contributed by atoms with E-state index in [-0.39, 0.29) is 10.6 Å². The van der Waals surface area contributed by atoms with Crippen molar-refractivity contribution in [2.75, 3.05) is 31.1 Å². The highest BCUT2D eigenvalue weighted by Crippen LogP contribution is 2.23. The predicted molar refractivity (Wildman–Crippen MR) is 112 cm³/mol. The van der Waals surface area contributed by atoms with Crippen molar-refractivity contribution in [3.05, 3.63) is 81.0 Å². The van der Waals surface area contributed by atoms with Gasteiger partial charge in [0.2, 0.25) is 0 Å². The number of piperazine rings is 1. The van der Waals surface area contributed by atoms with Gasteiger partial charge in [-0.3, -0.25) is 14.7 Å². The van der Waals surface area contributed by atoms with Gasteiger partial charge in [-0.2, -0.15) is 9.78 Å². The Morgan fingerprint density at radius 2 is 1.71 bits per heavy atom. The molecule has 144 valence electrons. The van der Waals surface area contributed by atoms with Gasteiger partial charge in [0.05, 0.1) is 23.3 Å². The highest BCUT2D eigenvalue weighted by atomic mass is 35.5. The van der Waals surface area contributed by atoms with Crippen molar-refractivity contribution >= 4 is 28.9 Å². The zero-order chi connectivity index (χ0) is 19.5. The molecule has 1 aliphatic rings. The lowest BCUT2D eigenvalue weighted by Crippen LogP contribution is -2.46. The predicted octanol–water partition coefficient (Wildman–Crippen LogP) is 3.26. The molecule has 0 unspecified atom stereocenters. The molecule has 1 aliphatic heterocycles. The number of anilines is 1. The molecule has 0 spiro atoms. The second kappa shape index (κ2) is 8.31. The Morgan fingerprint density at radius 1 is 0.964 bits per heavy atom. The number of aromatic nitrogens is 3. The summed E-state index contributed by atoms with van der Waals surface area (Å²) in [4.78, 5) is 21.5. The van der Waals surface area contributed by atoms with Gasteiger partial charge in [-0.1, -0.05) is 29.3 Å². The summed E-state index contributed by atoms with van der Waals surface area (Å²) in [7, 11) is 0. The molecule has 1 saturated heterocycles. The number of hydrogen-bond donors (Lipinski definition) is 0. The summed E-state index contributed by atoms with van der Waals surface area (Å²) < 4.78 is 1.29. The fourth-order valence-electron chi connectivity index (χ4n) is 3.28. The van der Waals surface area contributed by atoms with Crippen LogP contribution in [0, 0.1) is 0 Å². The zero-order valence-corrected chi connectivity index (χ0v) is 16.6. The Hall–Kier alpha value is -2.41. The maximum atomic E-state index is 12.7. The van der Waals surface area contributed by atoms with E-state index in [0.29, 0.717) is 16.4 Å². The monoisotopic (exact) mass is 415 g/mol. The third-order valence-electron chi connectivity index (χ3n) is 4.80. The summed E-state index contributed by atoms with van der Waals surface area (Å²) in [6.45, 7) is 4.11.